The first-order chi connectivity index (χ1) is 13.3. The van der Waals surface area contributed by atoms with Crippen molar-refractivity contribution >= 4 is 29.1 Å². The molecule has 7 heteroatoms. The van der Waals surface area contributed by atoms with Gasteiger partial charge in [0.05, 0.1) is 4.88 Å². The summed E-state index contributed by atoms with van der Waals surface area (Å²) in [6.07, 6.45) is 6.94. The summed E-state index contributed by atoms with van der Waals surface area (Å²) in [5.41, 5.74) is 6.04. The van der Waals surface area contributed by atoms with Crippen LogP contribution < -0.4 is 10.9 Å². The molecule has 154 valence electrons. The van der Waals surface area contributed by atoms with Crippen LogP contribution >= 0.6 is 11.3 Å². The zero-order valence-electron chi connectivity index (χ0n) is 17.1. The smallest absolute Gasteiger partial charge is 0.279 e. The molecule has 2 heterocycles. The van der Waals surface area contributed by atoms with Crippen LogP contribution in [0.5, 0.6) is 0 Å². The summed E-state index contributed by atoms with van der Waals surface area (Å²) in [5.74, 6) is -0.470. The average Bonchev–Trinajstić information content (AvgIpc) is 2.95. The predicted molar refractivity (Wildman–Crippen MR) is 110 cm³/mol. The lowest BCUT2D eigenvalue weighted by Gasteiger charge is -2.35. The van der Waals surface area contributed by atoms with Gasteiger partial charge in [0, 0.05) is 29.3 Å². The molecule has 1 aromatic heterocycles. The Morgan fingerprint density at radius 2 is 1.71 bits per heavy atom. The van der Waals surface area contributed by atoms with Crippen LogP contribution in [-0.4, -0.2) is 35.7 Å². The van der Waals surface area contributed by atoms with E-state index in [1.165, 1.54) is 29.7 Å². The fraction of sp³-hybridized carbons (Fsp3) is 0.667. The Morgan fingerprint density at radius 1 is 1.04 bits per heavy atom. The number of piperidine rings is 1. The van der Waals surface area contributed by atoms with Gasteiger partial charge < -0.3 is 4.90 Å². The van der Waals surface area contributed by atoms with E-state index >= 15 is 0 Å². The molecular formula is C21H31N3O3S. The molecule has 2 N–H and O–H groups in total. The first kappa shape index (κ1) is 20.8. The molecule has 0 saturated carbocycles. The maximum atomic E-state index is 12.4. The van der Waals surface area contributed by atoms with Crippen LogP contribution in [0.4, 0.5) is 0 Å². The number of carbonyl (C=O) groups is 3. The fourth-order valence-electron chi connectivity index (χ4n) is 3.88. The largest absolute Gasteiger partial charge is 0.342 e. The standard InChI is InChI=1S/C21H31N3O3S/c1-21(2,3)20(27)24-11-9-14(10-12-24)18(25)22-23-19(26)17-13-15-7-5-4-6-8-16(15)28-17/h13-14H,4-12H2,1-3H3,(H,22,25)(H,23,26). The van der Waals surface area contributed by atoms with Gasteiger partial charge in [0.15, 0.2) is 0 Å². The molecule has 0 radical (unpaired) electrons. The second-order valence-electron chi connectivity index (χ2n) is 8.88. The Hall–Kier alpha value is -1.89. The van der Waals surface area contributed by atoms with E-state index in [0.717, 1.165) is 12.8 Å². The summed E-state index contributed by atoms with van der Waals surface area (Å²) in [6, 6.07) is 1.98. The monoisotopic (exact) mass is 405 g/mol. The summed E-state index contributed by atoms with van der Waals surface area (Å²) >= 11 is 1.54. The molecule has 0 unspecified atom stereocenters. The summed E-state index contributed by atoms with van der Waals surface area (Å²) in [5, 5.41) is 0. The first-order valence-corrected chi connectivity index (χ1v) is 11.1. The number of nitrogens with one attached hydrogen (secondary N) is 2. The van der Waals surface area contributed by atoms with E-state index in [9.17, 15) is 14.4 Å². The number of thiophene rings is 1. The highest BCUT2D eigenvalue weighted by molar-refractivity contribution is 7.14. The number of likely N-dealkylation sites (tertiary alicyclic amines) is 1. The summed E-state index contributed by atoms with van der Waals surface area (Å²) in [7, 11) is 0. The van der Waals surface area contributed by atoms with Crippen LogP contribution in [0.25, 0.3) is 0 Å². The number of hydrazine groups is 1. The van der Waals surface area contributed by atoms with Gasteiger partial charge in [-0.25, -0.2) is 0 Å². The van der Waals surface area contributed by atoms with Crippen molar-refractivity contribution < 1.29 is 14.4 Å². The van der Waals surface area contributed by atoms with E-state index in [1.54, 1.807) is 11.3 Å². The Labute approximate surface area is 171 Å². The summed E-state index contributed by atoms with van der Waals surface area (Å²) in [6.45, 7) is 6.90. The van der Waals surface area contributed by atoms with Crippen molar-refractivity contribution in [2.75, 3.05) is 13.1 Å². The van der Waals surface area contributed by atoms with Crippen LogP contribution in [0.15, 0.2) is 6.07 Å². The third-order valence-electron chi connectivity index (χ3n) is 5.56. The van der Waals surface area contributed by atoms with Crippen LogP contribution in [-0.2, 0) is 22.4 Å². The average molecular weight is 406 g/mol. The Morgan fingerprint density at radius 3 is 2.39 bits per heavy atom. The van der Waals surface area contributed by atoms with E-state index < -0.39 is 5.41 Å². The molecule has 1 aliphatic carbocycles. The van der Waals surface area contributed by atoms with Crippen molar-refractivity contribution in [3.8, 4) is 0 Å². The third-order valence-corrected chi connectivity index (χ3v) is 6.80. The van der Waals surface area contributed by atoms with Crippen LogP contribution in [0.1, 0.15) is 73.0 Å². The van der Waals surface area contributed by atoms with Crippen LogP contribution in [0.3, 0.4) is 0 Å². The van der Waals surface area contributed by atoms with Crippen molar-refractivity contribution in [3.63, 3.8) is 0 Å². The van der Waals surface area contributed by atoms with E-state index in [4.69, 9.17) is 0 Å². The summed E-state index contributed by atoms with van der Waals surface area (Å²) in [4.78, 5) is 41.0. The Bertz CT molecular complexity index is 719. The van der Waals surface area contributed by atoms with E-state index in [-0.39, 0.29) is 23.6 Å². The number of nitrogens with zero attached hydrogens (tertiary/aromatic N) is 1. The normalized spacial score (nSPS) is 18.2. The first-order valence-electron chi connectivity index (χ1n) is 10.3. The minimum Gasteiger partial charge on any atom is -0.342 e. The van der Waals surface area contributed by atoms with E-state index in [1.807, 2.05) is 31.7 Å². The number of hydrogen-bond donors (Lipinski definition) is 2. The maximum Gasteiger partial charge on any atom is 0.279 e. The Kier molecular flexibility index (Phi) is 6.43. The molecule has 1 aliphatic heterocycles. The summed E-state index contributed by atoms with van der Waals surface area (Å²) < 4.78 is 0. The van der Waals surface area contributed by atoms with Gasteiger partial charge in [0.1, 0.15) is 0 Å². The molecule has 3 amide bonds. The van der Waals surface area contributed by atoms with Crippen LogP contribution in [0, 0.1) is 11.3 Å². The zero-order valence-corrected chi connectivity index (χ0v) is 17.9. The highest BCUT2D eigenvalue weighted by atomic mass is 32.1. The number of rotatable bonds is 2. The lowest BCUT2D eigenvalue weighted by Crippen LogP contribution is -2.49. The lowest BCUT2D eigenvalue weighted by molar-refractivity contribution is -0.142. The second kappa shape index (κ2) is 8.64. The molecule has 0 atom stereocenters. The molecule has 3 rings (SSSR count). The van der Waals surface area contributed by atoms with Gasteiger partial charge in [-0.3, -0.25) is 25.2 Å². The SMILES string of the molecule is CC(C)(C)C(=O)N1CCC(C(=O)NNC(=O)c2cc3c(s2)CCCCC3)CC1. The van der Waals surface area contributed by atoms with Crippen molar-refractivity contribution in [3.05, 3.63) is 21.4 Å². The highest BCUT2D eigenvalue weighted by Gasteiger charge is 2.32. The fourth-order valence-corrected chi connectivity index (χ4v) is 5.03. The van der Waals surface area contributed by atoms with Crippen molar-refractivity contribution in [2.24, 2.45) is 11.3 Å². The van der Waals surface area contributed by atoms with Gasteiger partial charge in [-0.2, -0.15) is 0 Å². The Balaban J connectivity index is 1.47. The number of hydrogen-bond acceptors (Lipinski definition) is 4. The highest BCUT2D eigenvalue weighted by Crippen LogP contribution is 2.29. The van der Waals surface area contributed by atoms with Crippen molar-refractivity contribution in [2.45, 2.75) is 65.7 Å². The molecule has 0 spiro atoms. The minimum absolute atomic E-state index is 0.122. The van der Waals surface area contributed by atoms with Crippen molar-refractivity contribution in [1.29, 1.82) is 0 Å². The number of amides is 3. The topological polar surface area (TPSA) is 78.5 Å². The van der Waals surface area contributed by atoms with Gasteiger partial charge in [0.2, 0.25) is 11.8 Å². The third kappa shape index (κ3) is 4.93. The molecule has 6 nitrogen and oxygen atoms in total. The molecule has 1 aromatic rings. The number of fused-ring (bicyclic) bond motifs is 1. The van der Waals surface area contributed by atoms with Gasteiger partial charge >= 0.3 is 0 Å². The van der Waals surface area contributed by atoms with Gasteiger partial charge in [0.25, 0.3) is 5.91 Å². The molecular weight excluding hydrogens is 374 g/mol. The molecule has 1 fully saturated rings. The minimum atomic E-state index is -0.401. The van der Waals surface area contributed by atoms with Gasteiger partial charge in [-0.1, -0.05) is 27.2 Å². The van der Waals surface area contributed by atoms with Gasteiger partial charge in [-0.05, 0) is 50.2 Å². The second-order valence-corrected chi connectivity index (χ2v) is 10.0. The molecule has 0 aromatic carbocycles. The van der Waals surface area contributed by atoms with Gasteiger partial charge in [-0.15, -0.1) is 11.3 Å². The van der Waals surface area contributed by atoms with Crippen LogP contribution in [0.2, 0.25) is 0 Å². The quantitative estimate of drug-likeness (QED) is 0.586. The molecule has 28 heavy (non-hydrogen) atoms. The number of carbonyl (C=O) groups excluding carboxylic acids is 3. The maximum absolute atomic E-state index is 12.4. The van der Waals surface area contributed by atoms with E-state index in [2.05, 4.69) is 10.9 Å². The predicted octanol–water partition coefficient (Wildman–Crippen LogP) is 3.06. The molecule has 0 bridgehead atoms. The molecule has 1 saturated heterocycles. The van der Waals surface area contributed by atoms with E-state index in [0.29, 0.717) is 30.8 Å². The lowest BCUT2D eigenvalue weighted by atomic mass is 9.91. The van der Waals surface area contributed by atoms with Crippen molar-refractivity contribution in [1.82, 2.24) is 15.8 Å². The molecule has 2 aliphatic rings. The number of aryl methyl sites for hydroxylation is 2. The zero-order chi connectivity index (χ0) is 20.3.